The number of rotatable bonds is 6. The predicted octanol–water partition coefficient (Wildman–Crippen LogP) is 5.12. The van der Waals surface area contributed by atoms with Crippen molar-refractivity contribution in [2.24, 2.45) is 0 Å². The van der Waals surface area contributed by atoms with Crippen LogP contribution < -0.4 is 10.1 Å². The lowest BCUT2D eigenvalue weighted by atomic mass is 10.1. The van der Waals surface area contributed by atoms with Crippen molar-refractivity contribution < 1.29 is 14.3 Å². The number of halogens is 1. The quantitative estimate of drug-likeness (QED) is 0.672. The van der Waals surface area contributed by atoms with Crippen LogP contribution in [0.25, 0.3) is 0 Å². The third kappa shape index (κ3) is 5.13. The van der Waals surface area contributed by atoms with Crippen LogP contribution in [0, 0.1) is 0 Å². The summed E-state index contributed by atoms with van der Waals surface area (Å²) in [6.45, 7) is 4.32. The van der Waals surface area contributed by atoms with Crippen molar-refractivity contribution in [2.75, 3.05) is 25.0 Å². The maximum atomic E-state index is 12.5. The van der Waals surface area contributed by atoms with E-state index in [1.165, 1.54) is 6.42 Å². The highest BCUT2D eigenvalue weighted by atomic mass is 79.9. The lowest BCUT2D eigenvalue weighted by Gasteiger charge is -2.26. The largest absolute Gasteiger partial charge is 0.492 e. The van der Waals surface area contributed by atoms with Crippen molar-refractivity contribution in [1.82, 2.24) is 4.90 Å². The Balaban J connectivity index is 1.62. The first kappa shape index (κ1) is 20.4. The van der Waals surface area contributed by atoms with Crippen LogP contribution in [0.1, 0.15) is 53.3 Å². The van der Waals surface area contributed by atoms with Crippen molar-refractivity contribution in [2.45, 2.75) is 32.6 Å². The summed E-state index contributed by atoms with van der Waals surface area (Å²) < 4.78 is 6.36. The van der Waals surface area contributed by atoms with Crippen LogP contribution in [0.5, 0.6) is 5.75 Å². The van der Waals surface area contributed by atoms with Gasteiger partial charge in [0.25, 0.3) is 11.8 Å². The molecule has 1 aliphatic heterocycles. The normalized spacial score (nSPS) is 13.9. The van der Waals surface area contributed by atoms with Gasteiger partial charge in [0, 0.05) is 29.9 Å². The summed E-state index contributed by atoms with van der Waals surface area (Å²) in [5, 5.41) is 2.87. The van der Waals surface area contributed by atoms with E-state index < -0.39 is 0 Å². The molecule has 148 valence electrons. The molecule has 3 rings (SSSR count). The van der Waals surface area contributed by atoms with Crippen molar-refractivity contribution in [3.63, 3.8) is 0 Å². The molecule has 0 bridgehead atoms. The number of piperidine rings is 1. The zero-order valence-corrected chi connectivity index (χ0v) is 17.6. The number of nitrogens with one attached hydrogen (secondary N) is 1. The van der Waals surface area contributed by atoms with E-state index in [-0.39, 0.29) is 11.8 Å². The molecule has 0 unspecified atom stereocenters. The molecule has 0 spiro atoms. The highest BCUT2D eigenvalue weighted by Gasteiger charge is 2.18. The first-order valence-electron chi connectivity index (χ1n) is 9.71. The van der Waals surface area contributed by atoms with E-state index in [2.05, 4.69) is 21.2 Å². The van der Waals surface area contributed by atoms with Gasteiger partial charge in [-0.1, -0.05) is 6.92 Å². The Hall–Kier alpha value is -2.34. The maximum absolute atomic E-state index is 12.5. The Bertz CT molecular complexity index is 830. The second kappa shape index (κ2) is 9.73. The Kier molecular flexibility index (Phi) is 7.09. The second-order valence-electron chi connectivity index (χ2n) is 6.88. The van der Waals surface area contributed by atoms with Crippen LogP contribution in [0.2, 0.25) is 0 Å². The summed E-state index contributed by atoms with van der Waals surface area (Å²) in [7, 11) is 0. The minimum atomic E-state index is -0.210. The van der Waals surface area contributed by atoms with Gasteiger partial charge in [-0.3, -0.25) is 9.59 Å². The first-order chi connectivity index (χ1) is 13.6. The Labute approximate surface area is 174 Å². The average molecular weight is 445 g/mol. The van der Waals surface area contributed by atoms with E-state index in [0.29, 0.717) is 23.4 Å². The molecule has 0 radical (unpaired) electrons. The number of nitrogens with zero attached hydrogens (tertiary/aromatic N) is 1. The van der Waals surface area contributed by atoms with E-state index in [0.717, 1.165) is 42.6 Å². The number of likely N-dealkylation sites (tertiary alicyclic amines) is 1. The summed E-state index contributed by atoms with van der Waals surface area (Å²) in [4.78, 5) is 26.9. The average Bonchev–Trinajstić information content (AvgIpc) is 2.73. The molecule has 1 N–H and O–H groups in total. The molecule has 2 aromatic rings. The summed E-state index contributed by atoms with van der Waals surface area (Å²) in [5.74, 6) is 0.570. The number of benzene rings is 2. The zero-order chi connectivity index (χ0) is 19.9. The van der Waals surface area contributed by atoms with Gasteiger partial charge in [-0.25, -0.2) is 0 Å². The van der Waals surface area contributed by atoms with Gasteiger partial charge >= 0.3 is 0 Å². The number of amides is 2. The summed E-state index contributed by atoms with van der Waals surface area (Å²) in [6, 6.07) is 12.3. The van der Waals surface area contributed by atoms with Crippen LogP contribution in [0.15, 0.2) is 46.9 Å². The smallest absolute Gasteiger partial charge is 0.255 e. The van der Waals surface area contributed by atoms with E-state index in [4.69, 9.17) is 4.74 Å². The van der Waals surface area contributed by atoms with Crippen molar-refractivity contribution >= 4 is 33.4 Å². The standard InChI is InChI=1S/C22H25BrN2O3/c1-2-14-28-20-11-8-17(15-19(20)23)21(26)24-18-9-6-16(7-10-18)22(27)25-12-4-3-5-13-25/h6-11,15H,2-5,12-14H2,1H3,(H,24,26). The van der Waals surface area contributed by atoms with E-state index in [9.17, 15) is 9.59 Å². The fourth-order valence-corrected chi connectivity index (χ4v) is 3.64. The summed E-state index contributed by atoms with van der Waals surface area (Å²) in [6.07, 6.45) is 4.25. The van der Waals surface area contributed by atoms with Crippen LogP contribution in [0.4, 0.5) is 5.69 Å². The lowest BCUT2D eigenvalue weighted by molar-refractivity contribution is 0.0724. The van der Waals surface area contributed by atoms with E-state index in [1.54, 1.807) is 42.5 Å². The van der Waals surface area contributed by atoms with Gasteiger partial charge in [0.05, 0.1) is 11.1 Å². The van der Waals surface area contributed by atoms with Gasteiger partial charge in [-0.15, -0.1) is 0 Å². The molecular formula is C22H25BrN2O3. The molecule has 0 aromatic heterocycles. The molecule has 0 aliphatic carbocycles. The molecular weight excluding hydrogens is 420 g/mol. The molecule has 1 aliphatic rings. The Morgan fingerprint density at radius 3 is 2.36 bits per heavy atom. The molecule has 0 atom stereocenters. The SMILES string of the molecule is CCCOc1ccc(C(=O)Nc2ccc(C(=O)N3CCCCC3)cc2)cc1Br. The lowest BCUT2D eigenvalue weighted by Crippen LogP contribution is -2.35. The maximum Gasteiger partial charge on any atom is 0.255 e. The minimum Gasteiger partial charge on any atom is -0.492 e. The summed E-state index contributed by atoms with van der Waals surface area (Å²) in [5.41, 5.74) is 1.84. The van der Waals surface area contributed by atoms with Crippen LogP contribution in [0.3, 0.4) is 0 Å². The third-order valence-corrected chi connectivity index (χ3v) is 5.31. The number of hydrogen-bond donors (Lipinski definition) is 1. The van der Waals surface area contributed by atoms with Gasteiger partial charge in [-0.05, 0) is 84.1 Å². The second-order valence-corrected chi connectivity index (χ2v) is 7.73. The molecule has 5 nitrogen and oxygen atoms in total. The highest BCUT2D eigenvalue weighted by Crippen LogP contribution is 2.26. The zero-order valence-electron chi connectivity index (χ0n) is 16.0. The van der Waals surface area contributed by atoms with E-state index in [1.807, 2.05) is 11.8 Å². The number of anilines is 1. The Morgan fingerprint density at radius 1 is 1.04 bits per heavy atom. The van der Waals surface area contributed by atoms with Gasteiger partial charge in [0.2, 0.25) is 0 Å². The topological polar surface area (TPSA) is 58.6 Å². The number of ether oxygens (including phenoxy) is 1. The molecule has 1 saturated heterocycles. The number of carbonyl (C=O) groups excluding carboxylic acids is 2. The molecule has 28 heavy (non-hydrogen) atoms. The Morgan fingerprint density at radius 2 is 1.71 bits per heavy atom. The van der Waals surface area contributed by atoms with Crippen LogP contribution in [-0.2, 0) is 0 Å². The van der Waals surface area contributed by atoms with E-state index >= 15 is 0 Å². The van der Waals surface area contributed by atoms with Crippen LogP contribution >= 0.6 is 15.9 Å². The van der Waals surface area contributed by atoms with Crippen molar-refractivity contribution in [1.29, 1.82) is 0 Å². The molecule has 2 amide bonds. The molecule has 0 saturated carbocycles. The number of hydrogen-bond acceptors (Lipinski definition) is 3. The summed E-state index contributed by atoms with van der Waals surface area (Å²) >= 11 is 3.45. The van der Waals surface area contributed by atoms with Gasteiger partial charge in [0.1, 0.15) is 5.75 Å². The minimum absolute atomic E-state index is 0.0594. The highest BCUT2D eigenvalue weighted by molar-refractivity contribution is 9.10. The number of carbonyl (C=O) groups is 2. The van der Waals surface area contributed by atoms with Gasteiger partial charge < -0.3 is 15.0 Å². The monoisotopic (exact) mass is 444 g/mol. The molecule has 6 heteroatoms. The van der Waals surface area contributed by atoms with Crippen molar-refractivity contribution in [3.8, 4) is 5.75 Å². The fourth-order valence-electron chi connectivity index (χ4n) is 3.15. The third-order valence-electron chi connectivity index (χ3n) is 4.69. The van der Waals surface area contributed by atoms with Gasteiger partial charge in [-0.2, -0.15) is 0 Å². The fraction of sp³-hybridized carbons (Fsp3) is 0.364. The molecule has 1 fully saturated rings. The molecule has 1 heterocycles. The predicted molar refractivity (Wildman–Crippen MR) is 114 cm³/mol. The molecule has 2 aromatic carbocycles. The van der Waals surface area contributed by atoms with Crippen molar-refractivity contribution in [3.05, 3.63) is 58.1 Å². The van der Waals surface area contributed by atoms with Crippen LogP contribution in [-0.4, -0.2) is 36.4 Å². The van der Waals surface area contributed by atoms with Gasteiger partial charge in [0.15, 0.2) is 0 Å². The first-order valence-corrected chi connectivity index (χ1v) is 10.5.